The van der Waals surface area contributed by atoms with E-state index in [4.69, 9.17) is 11.4 Å². The first kappa shape index (κ1) is 66.4. The van der Waals surface area contributed by atoms with Gasteiger partial charge in [0.1, 0.15) is 0 Å². The highest BCUT2D eigenvalue weighted by atomic mass is 14.8. The van der Waals surface area contributed by atoms with Crippen LogP contribution in [-0.4, -0.2) is 5.71 Å². The van der Waals surface area contributed by atoms with Gasteiger partial charge in [-0.25, -0.2) is 0 Å². The van der Waals surface area contributed by atoms with Gasteiger partial charge >= 0.3 is 0 Å². The summed E-state index contributed by atoms with van der Waals surface area (Å²) in [5.74, 6) is 4.69. The van der Waals surface area contributed by atoms with Crippen LogP contribution in [-0.2, 0) is 30.1 Å². The maximum absolute atomic E-state index is 6.76. The van der Waals surface area contributed by atoms with Crippen LogP contribution in [0.5, 0.6) is 0 Å². The van der Waals surface area contributed by atoms with Gasteiger partial charge in [-0.1, -0.05) is 283 Å². The second kappa shape index (κ2) is 30.7. The van der Waals surface area contributed by atoms with Gasteiger partial charge in [0.05, 0.1) is 17.3 Å². The number of nitrogens with zero attached hydrogens (tertiary/aromatic N) is 1. The molecule has 0 radical (unpaired) electrons. The molecule has 1 nitrogen and oxygen atoms in total. The zero-order chi connectivity index (χ0) is 59.7. The molecule has 0 aliphatic carbocycles. The Morgan fingerprint density at radius 2 is 1.25 bits per heavy atom. The van der Waals surface area contributed by atoms with Crippen molar-refractivity contribution in [3.63, 3.8) is 0 Å². The minimum absolute atomic E-state index is 0.0839. The summed E-state index contributed by atoms with van der Waals surface area (Å²) in [6.07, 6.45) is 30.9. The van der Waals surface area contributed by atoms with Crippen LogP contribution >= 0.6 is 0 Å². The van der Waals surface area contributed by atoms with Crippen LogP contribution in [0.15, 0.2) is 126 Å². The molecule has 4 atom stereocenters. The van der Waals surface area contributed by atoms with Crippen molar-refractivity contribution in [2.75, 3.05) is 0 Å². The summed E-state index contributed by atoms with van der Waals surface area (Å²) in [6.45, 7) is 44.6. The third-order valence-corrected chi connectivity index (χ3v) is 18.2. The molecule has 0 aliphatic heterocycles. The van der Waals surface area contributed by atoms with Gasteiger partial charge in [-0.15, -0.1) is 6.42 Å². The summed E-state index contributed by atoms with van der Waals surface area (Å²) in [5, 5.41) is 0. The van der Waals surface area contributed by atoms with E-state index in [1.165, 1.54) is 136 Å². The molecule has 0 N–H and O–H groups in total. The van der Waals surface area contributed by atoms with Crippen LogP contribution < -0.4 is 0 Å². The fraction of sp³-hybridized carbons (Fsp3) is 0.512. The smallest absolute Gasteiger partial charge is 0.0877 e. The molecule has 0 amide bonds. The molecular formula is C80H111N. The van der Waals surface area contributed by atoms with Gasteiger partial charge in [0, 0.05) is 5.56 Å². The molecule has 5 rings (SSSR count). The minimum Gasteiger partial charge on any atom is -0.250 e. The molecular weight excluding hydrogens is 975 g/mol. The summed E-state index contributed by atoms with van der Waals surface area (Å²) in [6, 6.07) is 37.8. The maximum Gasteiger partial charge on any atom is 0.0877 e. The Bertz CT molecular complexity index is 2950. The van der Waals surface area contributed by atoms with Crippen LogP contribution in [0, 0.1) is 36.5 Å². The van der Waals surface area contributed by atoms with E-state index in [0.717, 1.165) is 67.0 Å². The average Bonchev–Trinajstić information content (AvgIpc) is 3.65. The second-order valence-corrected chi connectivity index (χ2v) is 27.1. The fourth-order valence-corrected chi connectivity index (χ4v) is 11.7. The first-order valence-corrected chi connectivity index (χ1v) is 32.2. The lowest BCUT2D eigenvalue weighted by atomic mass is 9.74. The predicted octanol–water partition coefficient (Wildman–Crippen LogP) is 24.0. The number of hydrogen-bond donors (Lipinski definition) is 0. The Morgan fingerprint density at radius 3 is 1.79 bits per heavy atom. The molecule has 0 fully saturated rings. The van der Waals surface area contributed by atoms with Crippen LogP contribution in [0.4, 0.5) is 5.69 Å². The number of aryl methyl sites for hydroxylation is 3. The summed E-state index contributed by atoms with van der Waals surface area (Å²) < 4.78 is 0. The lowest BCUT2D eigenvalue weighted by Gasteiger charge is -2.31. The van der Waals surface area contributed by atoms with Crippen molar-refractivity contribution < 1.29 is 0 Å². The van der Waals surface area contributed by atoms with Crippen LogP contribution in [0.25, 0.3) is 22.3 Å². The van der Waals surface area contributed by atoms with E-state index in [2.05, 4.69) is 253 Å². The highest BCUT2D eigenvalue weighted by molar-refractivity contribution is 6.09. The first-order valence-electron chi connectivity index (χ1n) is 32.2. The molecule has 0 spiro atoms. The van der Waals surface area contributed by atoms with Gasteiger partial charge < -0.3 is 0 Å². The van der Waals surface area contributed by atoms with E-state index in [1.807, 2.05) is 0 Å². The number of rotatable bonds is 28. The van der Waals surface area contributed by atoms with Crippen LogP contribution in [0.1, 0.15) is 275 Å². The van der Waals surface area contributed by atoms with E-state index in [-0.39, 0.29) is 22.2 Å². The molecule has 0 bridgehead atoms. The third-order valence-electron chi connectivity index (χ3n) is 18.2. The van der Waals surface area contributed by atoms with Crippen molar-refractivity contribution in [3.05, 3.63) is 182 Å². The van der Waals surface area contributed by atoms with Crippen molar-refractivity contribution in [1.82, 2.24) is 0 Å². The number of aliphatic imine (C=N–C) groups is 1. The van der Waals surface area contributed by atoms with Gasteiger partial charge in [-0.05, 0) is 184 Å². The zero-order valence-corrected chi connectivity index (χ0v) is 54.9. The monoisotopic (exact) mass is 1090 g/mol. The quantitative estimate of drug-likeness (QED) is 0.0269. The molecule has 0 heterocycles. The van der Waals surface area contributed by atoms with E-state index < -0.39 is 0 Å². The summed E-state index contributed by atoms with van der Waals surface area (Å²) in [7, 11) is 0. The topological polar surface area (TPSA) is 12.4 Å². The number of benzene rings is 5. The number of allylic oxidation sites excluding steroid dienone is 6. The molecule has 0 saturated heterocycles. The predicted molar refractivity (Wildman–Crippen MR) is 362 cm³/mol. The molecule has 81 heavy (non-hydrogen) atoms. The third kappa shape index (κ3) is 18.0. The summed E-state index contributed by atoms with van der Waals surface area (Å²) in [5.41, 5.74) is 23.0. The second-order valence-electron chi connectivity index (χ2n) is 27.1. The Balaban J connectivity index is 1.77. The van der Waals surface area contributed by atoms with Gasteiger partial charge in [-0.3, -0.25) is 4.99 Å². The zero-order valence-electron chi connectivity index (χ0n) is 54.9. The van der Waals surface area contributed by atoms with Crippen molar-refractivity contribution in [2.24, 2.45) is 22.2 Å². The number of hydrogen-bond acceptors (Lipinski definition) is 1. The highest BCUT2D eigenvalue weighted by Gasteiger charge is 2.28. The highest BCUT2D eigenvalue weighted by Crippen LogP contribution is 2.44. The Labute approximate surface area is 498 Å². The van der Waals surface area contributed by atoms with Gasteiger partial charge in [0.2, 0.25) is 0 Å². The van der Waals surface area contributed by atoms with Gasteiger partial charge in [0.25, 0.3) is 0 Å². The van der Waals surface area contributed by atoms with Gasteiger partial charge in [0.15, 0.2) is 0 Å². The average molecular weight is 1090 g/mol. The maximum atomic E-state index is 6.76. The molecule has 0 saturated carbocycles. The van der Waals surface area contributed by atoms with Crippen molar-refractivity contribution in [2.45, 2.75) is 251 Å². The molecule has 1 heteroatoms. The van der Waals surface area contributed by atoms with E-state index in [1.54, 1.807) is 0 Å². The van der Waals surface area contributed by atoms with Crippen LogP contribution in [0.2, 0.25) is 0 Å². The number of unbranched alkanes of at least 4 members (excludes halogenated alkanes) is 3. The standard InChI is InChI=1S/C80H111N/c1-21-28-32-61(25-5)53-57(9)60(12)75-55-68(46-48-74(75)72-47-45-67(54-58(72)10)79(16,17)18)80(19,20)52-51-64(31-24-4)73-50-49-71(56(8)35-36-59(11)78(13,14)15)70(27-7)77(73)81-76(66-43-39-63(40-44-66)34-30-23-3)69(26-6)65-41-37-62(38-42-65)33-29-22-2/h6,35-51,54-55,57,60-61,69H,21-25,27-34,52-53H2,1-5,7-20H3/b56-35+,59-36+,64-51+,81-76?. The lowest BCUT2D eigenvalue weighted by molar-refractivity contribution is 0.324. The molecule has 4 unspecified atom stereocenters. The normalized spacial score (nSPS) is 14.7. The number of terminal acetylenes is 1. The van der Waals surface area contributed by atoms with E-state index in [0.29, 0.717) is 11.8 Å². The molecule has 0 aromatic heterocycles. The largest absolute Gasteiger partial charge is 0.250 e. The summed E-state index contributed by atoms with van der Waals surface area (Å²) >= 11 is 0. The fourth-order valence-electron chi connectivity index (χ4n) is 11.7. The Morgan fingerprint density at radius 1 is 0.654 bits per heavy atom. The first-order chi connectivity index (χ1) is 38.5. The van der Waals surface area contributed by atoms with E-state index >= 15 is 0 Å². The van der Waals surface area contributed by atoms with Gasteiger partial charge in [-0.2, -0.15) is 0 Å². The van der Waals surface area contributed by atoms with Crippen LogP contribution in [0.3, 0.4) is 0 Å². The van der Waals surface area contributed by atoms with E-state index in [9.17, 15) is 0 Å². The molecule has 5 aromatic carbocycles. The molecule has 436 valence electrons. The van der Waals surface area contributed by atoms with Crippen molar-refractivity contribution in [1.29, 1.82) is 0 Å². The molecule has 5 aromatic rings. The van der Waals surface area contributed by atoms with Crippen molar-refractivity contribution in [3.8, 4) is 23.5 Å². The Kier molecular flexibility index (Phi) is 25.2. The minimum atomic E-state index is -0.342. The lowest BCUT2D eigenvalue weighted by Crippen LogP contribution is -2.18. The SMILES string of the molecule is C#CC(C(=Nc1c(/C(=C/CC(C)(C)c2ccc(-c3ccc(C(C)(C)C)cc3C)c(C(C)C(C)CC(CC)CCCC)c2)CCC)ccc(/C(C)=C/C=C(\C)C(C)(C)C)c1CC)c1ccc(CCCC)cc1)c1ccc(CCCC)cc1. The Hall–Kier alpha value is -5.45. The van der Waals surface area contributed by atoms with Crippen molar-refractivity contribution >= 4 is 22.5 Å². The molecule has 0 aliphatic rings. The summed E-state index contributed by atoms with van der Waals surface area (Å²) in [4.78, 5) is 6.04.